The van der Waals surface area contributed by atoms with Crippen LogP contribution in [0, 0.1) is 10.1 Å². The second-order valence-electron chi connectivity index (χ2n) is 5.12. The second kappa shape index (κ2) is 6.50. The minimum Gasteiger partial charge on any atom is -0.340 e. The monoisotopic (exact) mass is 249 g/mol. The van der Waals surface area contributed by atoms with Crippen LogP contribution in [0.2, 0.25) is 0 Å². The van der Waals surface area contributed by atoms with Crippen molar-refractivity contribution in [3.8, 4) is 0 Å². The molecular weight excluding hydrogens is 228 g/mol. The van der Waals surface area contributed by atoms with Gasteiger partial charge in [-0.05, 0) is 37.8 Å². The maximum Gasteiger partial charge on any atom is 0.269 e. The van der Waals surface area contributed by atoms with E-state index in [2.05, 4.69) is 5.32 Å². The summed E-state index contributed by atoms with van der Waals surface area (Å²) in [5, 5.41) is 12.9. The van der Waals surface area contributed by atoms with E-state index in [1.54, 1.807) is 12.1 Å². The maximum atomic E-state index is 10.6. The molecule has 0 unspecified atom stereocenters. The zero-order chi connectivity index (χ0) is 12.8. The predicted octanol–water partition coefficient (Wildman–Crippen LogP) is 2.38. The van der Waals surface area contributed by atoms with Gasteiger partial charge in [-0.2, -0.15) is 0 Å². The number of rotatable bonds is 4. The number of hydrogen-bond acceptors (Lipinski definition) is 2. The van der Waals surface area contributed by atoms with Crippen LogP contribution in [0.3, 0.4) is 0 Å². The number of nitrogens with two attached hydrogens (primary N) is 1. The van der Waals surface area contributed by atoms with E-state index in [0.29, 0.717) is 0 Å². The van der Waals surface area contributed by atoms with Crippen LogP contribution < -0.4 is 5.32 Å². The fraction of sp³-hybridized carbons (Fsp3) is 0.571. The van der Waals surface area contributed by atoms with Crippen molar-refractivity contribution < 1.29 is 10.2 Å². The number of benzene rings is 1. The zero-order valence-electron chi connectivity index (χ0n) is 10.7. The molecule has 1 aromatic rings. The lowest BCUT2D eigenvalue weighted by atomic mass is 10.1. The van der Waals surface area contributed by atoms with Crippen LogP contribution in [-0.2, 0) is 6.54 Å². The Labute approximate surface area is 108 Å². The number of nitro benzene ring substituents is 1. The van der Waals surface area contributed by atoms with Crippen LogP contribution in [0.5, 0.6) is 0 Å². The zero-order valence-corrected chi connectivity index (χ0v) is 10.7. The molecular formula is C14H21N2O2+. The number of quaternary nitrogens is 1. The molecule has 0 spiro atoms. The summed E-state index contributed by atoms with van der Waals surface area (Å²) in [6, 6.07) is 7.66. The Hall–Kier alpha value is -1.42. The van der Waals surface area contributed by atoms with E-state index in [4.69, 9.17) is 0 Å². The molecule has 0 saturated heterocycles. The van der Waals surface area contributed by atoms with Gasteiger partial charge in [-0.15, -0.1) is 0 Å². The summed E-state index contributed by atoms with van der Waals surface area (Å²) in [4.78, 5) is 10.2. The quantitative estimate of drug-likeness (QED) is 0.506. The van der Waals surface area contributed by atoms with Gasteiger partial charge in [0.15, 0.2) is 0 Å². The Morgan fingerprint density at radius 1 is 1.11 bits per heavy atom. The molecule has 4 nitrogen and oxygen atoms in total. The van der Waals surface area contributed by atoms with E-state index in [1.165, 1.54) is 44.1 Å². The van der Waals surface area contributed by atoms with Crippen LogP contribution in [0.15, 0.2) is 24.3 Å². The lowest BCUT2D eigenvalue weighted by molar-refractivity contribution is -0.705. The van der Waals surface area contributed by atoms with Gasteiger partial charge in [-0.3, -0.25) is 10.1 Å². The minimum absolute atomic E-state index is 0.174. The first-order chi connectivity index (χ1) is 8.75. The predicted molar refractivity (Wildman–Crippen MR) is 70.2 cm³/mol. The molecule has 18 heavy (non-hydrogen) atoms. The van der Waals surface area contributed by atoms with Crippen molar-refractivity contribution >= 4 is 5.69 Å². The lowest BCUT2D eigenvalue weighted by Gasteiger charge is -2.12. The number of nitro groups is 1. The van der Waals surface area contributed by atoms with Crippen molar-refractivity contribution in [2.24, 2.45) is 0 Å². The van der Waals surface area contributed by atoms with Crippen molar-refractivity contribution in [2.45, 2.75) is 51.1 Å². The van der Waals surface area contributed by atoms with Crippen LogP contribution in [0.25, 0.3) is 0 Å². The maximum absolute atomic E-state index is 10.6. The third kappa shape index (κ3) is 3.81. The van der Waals surface area contributed by atoms with E-state index < -0.39 is 0 Å². The molecule has 98 valence electrons. The summed E-state index contributed by atoms with van der Waals surface area (Å²) >= 11 is 0. The molecule has 2 rings (SSSR count). The van der Waals surface area contributed by atoms with Crippen LogP contribution in [-0.4, -0.2) is 11.0 Å². The highest BCUT2D eigenvalue weighted by Crippen LogP contribution is 2.15. The molecule has 2 N–H and O–H groups in total. The van der Waals surface area contributed by atoms with Gasteiger partial charge in [0.2, 0.25) is 0 Å². The molecule has 0 atom stereocenters. The standard InChI is InChI=1S/C14H20N2O2/c17-16(18)14-9-7-12(8-10-14)11-15-13-5-3-1-2-4-6-13/h7-10,13,15H,1-6,11H2/p+1. The van der Waals surface area contributed by atoms with Crippen molar-refractivity contribution in [3.63, 3.8) is 0 Å². The molecule has 0 radical (unpaired) electrons. The average Bonchev–Trinajstić information content (AvgIpc) is 2.65. The van der Waals surface area contributed by atoms with Gasteiger partial charge in [0.25, 0.3) is 5.69 Å². The van der Waals surface area contributed by atoms with E-state index in [0.717, 1.165) is 12.6 Å². The van der Waals surface area contributed by atoms with Gasteiger partial charge in [-0.1, -0.05) is 12.8 Å². The number of non-ortho nitro benzene ring substituents is 1. The highest BCUT2D eigenvalue weighted by atomic mass is 16.6. The van der Waals surface area contributed by atoms with Crippen molar-refractivity contribution in [1.82, 2.24) is 0 Å². The van der Waals surface area contributed by atoms with Crippen molar-refractivity contribution in [3.05, 3.63) is 39.9 Å². The van der Waals surface area contributed by atoms with Gasteiger partial charge >= 0.3 is 0 Å². The molecule has 1 aromatic carbocycles. The molecule has 1 aliphatic carbocycles. The topological polar surface area (TPSA) is 59.8 Å². The fourth-order valence-electron chi connectivity index (χ4n) is 2.60. The Morgan fingerprint density at radius 2 is 1.72 bits per heavy atom. The van der Waals surface area contributed by atoms with E-state index >= 15 is 0 Å². The Balaban J connectivity index is 1.83. The van der Waals surface area contributed by atoms with Crippen molar-refractivity contribution in [2.75, 3.05) is 0 Å². The van der Waals surface area contributed by atoms with Gasteiger partial charge in [-0.25, -0.2) is 0 Å². The smallest absolute Gasteiger partial charge is 0.269 e. The summed E-state index contributed by atoms with van der Waals surface area (Å²) in [6.07, 6.45) is 8.08. The number of nitrogens with zero attached hydrogens (tertiary/aromatic N) is 1. The van der Waals surface area contributed by atoms with Gasteiger partial charge in [0.1, 0.15) is 6.54 Å². The minimum atomic E-state index is -0.348. The van der Waals surface area contributed by atoms with Gasteiger partial charge in [0.05, 0.1) is 11.0 Å². The Kier molecular flexibility index (Phi) is 4.70. The third-order valence-electron chi connectivity index (χ3n) is 3.73. The van der Waals surface area contributed by atoms with E-state index in [-0.39, 0.29) is 10.6 Å². The molecule has 1 aliphatic rings. The normalized spacial score (nSPS) is 17.3. The summed E-state index contributed by atoms with van der Waals surface area (Å²) in [6.45, 7) is 0.933. The molecule has 0 heterocycles. The molecule has 0 bridgehead atoms. The summed E-state index contributed by atoms with van der Waals surface area (Å²) in [5.41, 5.74) is 1.35. The first-order valence-electron chi connectivity index (χ1n) is 6.82. The second-order valence-corrected chi connectivity index (χ2v) is 5.12. The average molecular weight is 249 g/mol. The summed E-state index contributed by atoms with van der Waals surface area (Å²) in [5.74, 6) is 0. The van der Waals surface area contributed by atoms with E-state index in [9.17, 15) is 10.1 Å². The Morgan fingerprint density at radius 3 is 2.28 bits per heavy atom. The molecule has 1 saturated carbocycles. The molecule has 4 heteroatoms. The van der Waals surface area contributed by atoms with Crippen LogP contribution in [0.4, 0.5) is 5.69 Å². The van der Waals surface area contributed by atoms with Crippen molar-refractivity contribution in [1.29, 1.82) is 0 Å². The summed E-state index contributed by atoms with van der Waals surface area (Å²) < 4.78 is 0. The summed E-state index contributed by atoms with van der Waals surface area (Å²) in [7, 11) is 0. The van der Waals surface area contributed by atoms with Gasteiger partial charge in [0, 0.05) is 17.7 Å². The number of hydrogen-bond donors (Lipinski definition) is 1. The SMILES string of the molecule is O=[N+]([O-])c1ccc(C[NH2+]C2CCCCCC2)cc1. The van der Waals surface area contributed by atoms with Crippen LogP contribution in [0.1, 0.15) is 44.1 Å². The lowest BCUT2D eigenvalue weighted by Crippen LogP contribution is -2.88. The molecule has 1 fully saturated rings. The highest BCUT2D eigenvalue weighted by Gasteiger charge is 2.14. The van der Waals surface area contributed by atoms with Crippen LogP contribution >= 0.6 is 0 Å². The molecule has 0 aliphatic heterocycles. The molecule has 0 aromatic heterocycles. The Bertz CT molecular complexity index is 381. The van der Waals surface area contributed by atoms with E-state index in [1.807, 2.05) is 12.1 Å². The first-order valence-corrected chi connectivity index (χ1v) is 6.82. The highest BCUT2D eigenvalue weighted by molar-refractivity contribution is 5.32. The first kappa shape index (κ1) is 13.0. The third-order valence-corrected chi connectivity index (χ3v) is 3.73. The fourth-order valence-corrected chi connectivity index (χ4v) is 2.60. The molecule has 0 amide bonds. The largest absolute Gasteiger partial charge is 0.340 e. The van der Waals surface area contributed by atoms with Gasteiger partial charge < -0.3 is 5.32 Å².